The molecule has 4 heterocycles. The zero-order valence-corrected chi connectivity index (χ0v) is 13.9. The van der Waals surface area contributed by atoms with E-state index >= 15 is 0 Å². The summed E-state index contributed by atoms with van der Waals surface area (Å²) in [5.41, 5.74) is 0. The van der Waals surface area contributed by atoms with Crippen molar-refractivity contribution < 1.29 is 14.3 Å². The highest BCUT2D eigenvalue weighted by molar-refractivity contribution is 5.79. The van der Waals surface area contributed by atoms with Gasteiger partial charge >= 0.3 is 0 Å². The number of fused-ring (bicyclic) bond motifs is 1. The number of aromatic nitrogens is 2. The van der Waals surface area contributed by atoms with E-state index in [0.717, 1.165) is 38.3 Å². The molecule has 7 nitrogen and oxygen atoms in total. The van der Waals surface area contributed by atoms with E-state index in [-0.39, 0.29) is 23.7 Å². The van der Waals surface area contributed by atoms with Gasteiger partial charge in [-0.05, 0) is 12.8 Å². The Balaban J connectivity index is 1.51. The van der Waals surface area contributed by atoms with Crippen molar-refractivity contribution in [2.75, 3.05) is 32.8 Å². The summed E-state index contributed by atoms with van der Waals surface area (Å²) >= 11 is 0. The lowest BCUT2D eigenvalue weighted by Gasteiger charge is -2.28. The number of likely N-dealkylation sites (tertiary alicyclic amines) is 1. The summed E-state index contributed by atoms with van der Waals surface area (Å²) in [5.74, 6) is 1.56. The molecule has 2 amide bonds. The maximum atomic E-state index is 12.9. The van der Waals surface area contributed by atoms with Gasteiger partial charge in [0.25, 0.3) is 0 Å². The van der Waals surface area contributed by atoms with Crippen LogP contribution in [-0.4, -0.2) is 64.0 Å². The number of hydrogen-bond acceptors (Lipinski definition) is 4. The zero-order chi connectivity index (χ0) is 16.5. The topological polar surface area (TPSA) is 67.7 Å². The Bertz CT molecular complexity index is 623. The first-order valence-corrected chi connectivity index (χ1v) is 8.85. The SMILES string of the molecule is O=C1CCCN1C[C@H]1CN(C(=O)[C@@H]2CCOC2)Cc2nccn2C1. The Morgan fingerprint density at radius 1 is 1.38 bits per heavy atom. The number of hydrogen-bond donors (Lipinski definition) is 0. The number of nitrogens with zero attached hydrogens (tertiary/aromatic N) is 4. The Kier molecular flexibility index (Phi) is 4.26. The summed E-state index contributed by atoms with van der Waals surface area (Å²) in [7, 11) is 0. The van der Waals surface area contributed by atoms with Crippen LogP contribution in [0.5, 0.6) is 0 Å². The molecule has 24 heavy (non-hydrogen) atoms. The number of imidazole rings is 1. The third-order valence-electron chi connectivity index (χ3n) is 5.31. The Morgan fingerprint density at radius 3 is 3.04 bits per heavy atom. The van der Waals surface area contributed by atoms with Crippen LogP contribution in [0.1, 0.15) is 25.1 Å². The van der Waals surface area contributed by atoms with Gasteiger partial charge in [-0.25, -0.2) is 4.98 Å². The Hall–Kier alpha value is -1.89. The molecule has 0 unspecified atom stereocenters. The quantitative estimate of drug-likeness (QED) is 0.808. The predicted molar refractivity (Wildman–Crippen MR) is 85.9 cm³/mol. The van der Waals surface area contributed by atoms with Gasteiger partial charge < -0.3 is 19.1 Å². The first kappa shape index (κ1) is 15.6. The lowest BCUT2D eigenvalue weighted by atomic mass is 10.0. The van der Waals surface area contributed by atoms with Crippen LogP contribution in [0.4, 0.5) is 0 Å². The molecule has 0 aromatic carbocycles. The van der Waals surface area contributed by atoms with Crippen LogP contribution >= 0.6 is 0 Å². The van der Waals surface area contributed by atoms with Gasteiger partial charge in [-0.2, -0.15) is 0 Å². The lowest BCUT2D eigenvalue weighted by molar-refractivity contribution is -0.136. The minimum Gasteiger partial charge on any atom is -0.381 e. The molecule has 2 atom stereocenters. The molecule has 3 aliphatic heterocycles. The summed E-state index contributed by atoms with van der Waals surface area (Å²) in [5, 5.41) is 0. The van der Waals surface area contributed by atoms with Crippen molar-refractivity contribution in [2.24, 2.45) is 11.8 Å². The second-order valence-electron chi connectivity index (χ2n) is 7.08. The fourth-order valence-corrected chi connectivity index (χ4v) is 4.02. The van der Waals surface area contributed by atoms with Crippen LogP contribution in [0.3, 0.4) is 0 Å². The molecule has 0 saturated carbocycles. The molecule has 0 aliphatic carbocycles. The average molecular weight is 332 g/mol. The average Bonchev–Trinajstić information content (AvgIpc) is 3.29. The van der Waals surface area contributed by atoms with E-state index in [4.69, 9.17) is 4.74 Å². The van der Waals surface area contributed by atoms with Crippen LogP contribution in [0, 0.1) is 11.8 Å². The smallest absolute Gasteiger partial charge is 0.228 e. The molecule has 7 heteroatoms. The third-order valence-corrected chi connectivity index (χ3v) is 5.31. The fraction of sp³-hybridized carbons (Fsp3) is 0.706. The minimum atomic E-state index is -0.0272. The molecule has 0 spiro atoms. The number of carbonyl (C=O) groups excluding carboxylic acids is 2. The van der Waals surface area contributed by atoms with Crippen molar-refractivity contribution in [2.45, 2.75) is 32.4 Å². The summed E-state index contributed by atoms with van der Waals surface area (Å²) in [6, 6.07) is 0. The van der Waals surface area contributed by atoms with E-state index in [1.54, 1.807) is 6.20 Å². The maximum absolute atomic E-state index is 12.9. The minimum absolute atomic E-state index is 0.0272. The molecular weight excluding hydrogens is 308 g/mol. The monoisotopic (exact) mass is 332 g/mol. The van der Waals surface area contributed by atoms with E-state index in [1.165, 1.54) is 0 Å². The highest BCUT2D eigenvalue weighted by atomic mass is 16.5. The molecule has 0 radical (unpaired) electrons. The zero-order valence-electron chi connectivity index (χ0n) is 13.9. The molecule has 3 aliphatic rings. The number of rotatable bonds is 3. The van der Waals surface area contributed by atoms with Crippen LogP contribution in [0.25, 0.3) is 0 Å². The summed E-state index contributed by atoms with van der Waals surface area (Å²) in [4.78, 5) is 33.1. The summed E-state index contributed by atoms with van der Waals surface area (Å²) < 4.78 is 7.51. The molecule has 2 saturated heterocycles. The van der Waals surface area contributed by atoms with Crippen molar-refractivity contribution in [1.82, 2.24) is 19.4 Å². The molecule has 4 rings (SSSR count). The van der Waals surface area contributed by atoms with Crippen molar-refractivity contribution in [3.05, 3.63) is 18.2 Å². The largest absolute Gasteiger partial charge is 0.381 e. The van der Waals surface area contributed by atoms with Crippen LogP contribution < -0.4 is 0 Å². The van der Waals surface area contributed by atoms with Gasteiger partial charge in [0, 0.05) is 57.5 Å². The van der Waals surface area contributed by atoms with E-state index in [9.17, 15) is 9.59 Å². The van der Waals surface area contributed by atoms with E-state index in [1.807, 2.05) is 16.0 Å². The number of carbonyl (C=O) groups is 2. The summed E-state index contributed by atoms with van der Waals surface area (Å²) in [6.07, 6.45) is 6.18. The van der Waals surface area contributed by atoms with Gasteiger partial charge in [0.1, 0.15) is 5.82 Å². The normalized spacial score (nSPS) is 27.4. The molecule has 2 fully saturated rings. The highest BCUT2D eigenvalue weighted by Gasteiger charge is 2.33. The predicted octanol–water partition coefficient (Wildman–Crippen LogP) is 0.500. The van der Waals surface area contributed by atoms with Crippen molar-refractivity contribution in [3.63, 3.8) is 0 Å². The molecule has 1 aromatic heterocycles. The van der Waals surface area contributed by atoms with Gasteiger partial charge in [-0.15, -0.1) is 0 Å². The first-order valence-electron chi connectivity index (χ1n) is 8.85. The first-order chi connectivity index (χ1) is 11.7. The fourth-order valence-electron chi connectivity index (χ4n) is 4.02. The van der Waals surface area contributed by atoms with E-state index in [0.29, 0.717) is 32.7 Å². The van der Waals surface area contributed by atoms with Crippen LogP contribution in [0.15, 0.2) is 12.4 Å². The standard InChI is InChI=1S/C17H24N4O3/c22-16-2-1-5-20(16)9-13-8-19-6-4-18-15(19)11-21(10-13)17(23)14-3-7-24-12-14/h4,6,13-14H,1-3,5,7-12H2/t13-,14+/m0/s1. The second-order valence-corrected chi connectivity index (χ2v) is 7.08. The Morgan fingerprint density at radius 2 is 2.29 bits per heavy atom. The van der Waals surface area contributed by atoms with Gasteiger partial charge in [-0.1, -0.05) is 0 Å². The van der Waals surface area contributed by atoms with Crippen molar-refractivity contribution >= 4 is 11.8 Å². The molecular formula is C17H24N4O3. The van der Waals surface area contributed by atoms with E-state index in [2.05, 4.69) is 9.55 Å². The van der Waals surface area contributed by atoms with Crippen LogP contribution in [-0.2, 0) is 27.4 Å². The molecule has 0 N–H and O–H groups in total. The number of ether oxygens (including phenoxy) is 1. The van der Waals surface area contributed by atoms with E-state index < -0.39 is 0 Å². The van der Waals surface area contributed by atoms with Crippen molar-refractivity contribution in [3.8, 4) is 0 Å². The third kappa shape index (κ3) is 3.05. The van der Waals surface area contributed by atoms with Gasteiger partial charge in [0.2, 0.25) is 11.8 Å². The Labute approximate surface area is 141 Å². The molecule has 0 bridgehead atoms. The van der Waals surface area contributed by atoms with Gasteiger partial charge in [0.05, 0.1) is 19.1 Å². The van der Waals surface area contributed by atoms with Crippen LogP contribution in [0.2, 0.25) is 0 Å². The second kappa shape index (κ2) is 6.55. The van der Waals surface area contributed by atoms with Crippen molar-refractivity contribution in [1.29, 1.82) is 0 Å². The lowest BCUT2D eigenvalue weighted by Crippen LogP contribution is -2.41. The number of amides is 2. The molecule has 1 aromatic rings. The maximum Gasteiger partial charge on any atom is 0.228 e. The highest BCUT2D eigenvalue weighted by Crippen LogP contribution is 2.23. The van der Waals surface area contributed by atoms with Gasteiger partial charge in [-0.3, -0.25) is 9.59 Å². The van der Waals surface area contributed by atoms with Gasteiger partial charge in [0.15, 0.2) is 0 Å². The molecule has 130 valence electrons. The summed E-state index contributed by atoms with van der Waals surface area (Å²) in [6.45, 7) is 4.81.